The second-order valence-corrected chi connectivity index (χ2v) is 7.60. The van der Waals surface area contributed by atoms with E-state index in [1.807, 2.05) is 25.7 Å². The van der Waals surface area contributed by atoms with E-state index in [2.05, 4.69) is 10.3 Å². The summed E-state index contributed by atoms with van der Waals surface area (Å²) in [5.41, 5.74) is 0.482. The average molecular weight is 400 g/mol. The van der Waals surface area contributed by atoms with Gasteiger partial charge in [0.05, 0.1) is 24.3 Å². The van der Waals surface area contributed by atoms with Gasteiger partial charge in [0, 0.05) is 37.0 Å². The molecular weight excluding hydrogens is 376 g/mol. The maximum absolute atomic E-state index is 12.7. The fourth-order valence-electron chi connectivity index (χ4n) is 2.97. The Morgan fingerprint density at radius 1 is 1.28 bits per heavy atom. The van der Waals surface area contributed by atoms with Crippen molar-refractivity contribution < 1.29 is 19.2 Å². The molecule has 2 heterocycles. The highest BCUT2D eigenvalue weighted by molar-refractivity contribution is 6.05. The fourth-order valence-corrected chi connectivity index (χ4v) is 2.97. The average Bonchev–Trinajstić information content (AvgIpc) is 2.68. The molecule has 2 aromatic rings. The number of carbonyl (C=O) groups excluding carboxylic acids is 1. The summed E-state index contributed by atoms with van der Waals surface area (Å²) < 4.78 is 11.2. The summed E-state index contributed by atoms with van der Waals surface area (Å²) in [6.45, 7) is 7.84. The van der Waals surface area contributed by atoms with Crippen LogP contribution in [0.4, 0.5) is 17.1 Å². The van der Waals surface area contributed by atoms with Gasteiger partial charge >= 0.3 is 0 Å². The molecule has 154 valence electrons. The van der Waals surface area contributed by atoms with Crippen LogP contribution >= 0.6 is 0 Å². The third kappa shape index (κ3) is 5.20. The van der Waals surface area contributed by atoms with Crippen molar-refractivity contribution in [3.63, 3.8) is 0 Å². The van der Waals surface area contributed by atoms with Crippen LogP contribution in [0.2, 0.25) is 0 Å². The summed E-state index contributed by atoms with van der Waals surface area (Å²) >= 11 is 0. The molecule has 1 amide bonds. The van der Waals surface area contributed by atoms with Gasteiger partial charge in [-0.1, -0.05) is 0 Å². The first-order valence-electron chi connectivity index (χ1n) is 9.30. The Morgan fingerprint density at radius 3 is 2.66 bits per heavy atom. The van der Waals surface area contributed by atoms with Crippen LogP contribution in [0.25, 0.3) is 0 Å². The minimum absolute atomic E-state index is 0.114. The lowest BCUT2D eigenvalue weighted by molar-refractivity contribution is -0.384. The Balaban J connectivity index is 1.85. The molecule has 1 N–H and O–H groups in total. The Hall–Kier alpha value is -3.20. The van der Waals surface area contributed by atoms with Crippen molar-refractivity contribution >= 4 is 23.0 Å². The standard InChI is InChI=1S/C20H24N4O5/c1-20(2,3)29-18-6-7-21-13-15(18)22-19(25)14-4-5-16(17(12-14)24(26)27)23-8-10-28-11-9-23/h4-7,12-13H,8-11H2,1-3H3,(H,22,25). The van der Waals surface area contributed by atoms with Gasteiger partial charge in [-0.2, -0.15) is 0 Å². The smallest absolute Gasteiger partial charge is 0.293 e. The zero-order chi connectivity index (χ0) is 21.0. The number of rotatable bonds is 5. The number of morpholine rings is 1. The highest BCUT2D eigenvalue weighted by Crippen LogP contribution is 2.31. The number of anilines is 2. The van der Waals surface area contributed by atoms with Gasteiger partial charge in [-0.25, -0.2) is 0 Å². The lowest BCUT2D eigenvalue weighted by Crippen LogP contribution is -2.36. The van der Waals surface area contributed by atoms with E-state index >= 15 is 0 Å². The van der Waals surface area contributed by atoms with Crippen molar-refractivity contribution in [1.29, 1.82) is 0 Å². The molecule has 9 heteroatoms. The van der Waals surface area contributed by atoms with Gasteiger partial charge in [-0.15, -0.1) is 0 Å². The highest BCUT2D eigenvalue weighted by atomic mass is 16.6. The van der Waals surface area contributed by atoms with Crippen LogP contribution in [0.1, 0.15) is 31.1 Å². The molecule has 3 rings (SSSR count). The van der Waals surface area contributed by atoms with E-state index in [1.54, 1.807) is 24.4 Å². The summed E-state index contributed by atoms with van der Waals surface area (Å²) in [5.74, 6) is -0.00586. The summed E-state index contributed by atoms with van der Waals surface area (Å²) in [7, 11) is 0. The van der Waals surface area contributed by atoms with E-state index in [9.17, 15) is 14.9 Å². The number of nitrogens with one attached hydrogen (secondary N) is 1. The van der Waals surface area contributed by atoms with Crippen LogP contribution in [-0.2, 0) is 4.74 Å². The number of carbonyl (C=O) groups is 1. The van der Waals surface area contributed by atoms with Crippen molar-refractivity contribution in [1.82, 2.24) is 4.98 Å². The van der Waals surface area contributed by atoms with Crippen LogP contribution in [0, 0.1) is 10.1 Å². The topological polar surface area (TPSA) is 107 Å². The maximum Gasteiger partial charge on any atom is 0.293 e. The molecule has 0 atom stereocenters. The third-order valence-electron chi connectivity index (χ3n) is 4.23. The number of nitro benzene ring substituents is 1. The monoisotopic (exact) mass is 400 g/mol. The molecule has 0 bridgehead atoms. The van der Waals surface area contributed by atoms with Gasteiger partial charge < -0.3 is 19.7 Å². The quantitative estimate of drug-likeness (QED) is 0.606. The highest BCUT2D eigenvalue weighted by Gasteiger charge is 2.24. The molecule has 9 nitrogen and oxygen atoms in total. The zero-order valence-electron chi connectivity index (χ0n) is 16.7. The molecule has 1 aliphatic heterocycles. The number of benzene rings is 1. The van der Waals surface area contributed by atoms with Crippen molar-refractivity contribution in [2.75, 3.05) is 36.5 Å². The van der Waals surface area contributed by atoms with Crippen molar-refractivity contribution in [2.45, 2.75) is 26.4 Å². The van der Waals surface area contributed by atoms with Gasteiger partial charge in [0.1, 0.15) is 22.7 Å². The van der Waals surface area contributed by atoms with Gasteiger partial charge in [0.2, 0.25) is 0 Å². The minimum atomic E-state index is -0.478. The Bertz CT molecular complexity index is 904. The van der Waals surface area contributed by atoms with Gasteiger partial charge in [-0.05, 0) is 32.9 Å². The lowest BCUT2D eigenvalue weighted by atomic mass is 10.1. The van der Waals surface area contributed by atoms with E-state index in [1.165, 1.54) is 12.3 Å². The minimum Gasteiger partial charge on any atom is -0.486 e. The number of nitrogens with zero attached hydrogens (tertiary/aromatic N) is 3. The van der Waals surface area contributed by atoms with E-state index in [0.29, 0.717) is 43.4 Å². The molecule has 1 aromatic carbocycles. The maximum atomic E-state index is 12.7. The Kier molecular flexibility index (Phi) is 5.97. The molecule has 29 heavy (non-hydrogen) atoms. The van der Waals surface area contributed by atoms with Gasteiger partial charge in [-0.3, -0.25) is 19.9 Å². The van der Waals surface area contributed by atoms with E-state index in [4.69, 9.17) is 9.47 Å². The van der Waals surface area contributed by atoms with Crippen LogP contribution in [0.3, 0.4) is 0 Å². The second kappa shape index (κ2) is 8.44. The molecule has 1 fully saturated rings. The predicted octanol–water partition coefficient (Wildman–Crippen LogP) is 3.26. The first-order valence-corrected chi connectivity index (χ1v) is 9.30. The molecule has 1 aromatic heterocycles. The number of pyridine rings is 1. The molecule has 0 saturated carbocycles. The number of ether oxygens (including phenoxy) is 2. The first kappa shape index (κ1) is 20.5. The molecule has 0 aliphatic carbocycles. The van der Waals surface area contributed by atoms with Crippen LogP contribution in [0.15, 0.2) is 36.7 Å². The zero-order valence-corrected chi connectivity index (χ0v) is 16.7. The second-order valence-electron chi connectivity index (χ2n) is 7.60. The SMILES string of the molecule is CC(C)(C)Oc1ccncc1NC(=O)c1ccc(N2CCOCC2)c([N+](=O)[O-])c1. The number of hydrogen-bond acceptors (Lipinski definition) is 7. The summed E-state index contributed by atoms with van der Waals surface area (Å²) in [6, 6.07) is 6.13. The van der Waals surface area contributed by atoms with E-state index in [0.717, 1.165) is 0 Å². The van der Waals surface area contributed by atoms with Crippen LogP contribution < -0.4 is 15.0 Å². The fraction of sp³-hybridized carbons (Fsp3) is 0.400. The molecule has 0 unspecified atom stereocenters. The molecular formula is C20H24N4O5. The molecule has 1 saturated heterocycles. The third-order valence-corrected chi connectivity index (χ3v) is 4.23. The van der Waals surface area contributed by atoms with Gasteiger partial charge in [0.25, 0.3) is 11.6 Å². The summed E-state index contributed by atoms with van der Waals surface area (Å²) in [5, 5.41) is 14.3. The first-order chi connectivity index (χ1) is 13.7. The van der Waals surface area contributed by atoms with Crippen LogP contribution in [0.5, 0.6) is 5.75 Å². The predicted molar refractivity (Wildman–Crippen MR) is 109 cm³/mol. The molecule has 1 aliphatic rings. The summed E-state index contributed by atoms with van der Waals surface area (Å²) in [6.07, 6.45) is 3.05. The Labute approximate surface area is 168 Å². The van der Waals surface area contributed by atoms with E-state index in [-0.39, 0.29) is 11.3 Å². The Morgan fingerprint density at radius 2 is 2.00 bits per heavy atom. The largest absolute Gasteiger partial charge is 0.486 e. The van der Waals surface area contributed by atoms with Gasteiger partial charge in [0.15, 0.2) is 0 Å². The number of amides is 1. The lowest BCUT2D eigenvalue weighted by Gasteiger charge is -2.28. The number of nitro groups is 1. The van der Waals surface area contributed by atoms with Crippen LogP contribution in [-0.4, -0.2) is 47.7 Å². The van der Waals surface area contributed by atoms with Crippen molar-refractivity contribution in [2.24, 2.45) is 0 Å². The normalized spacial score (nSPS) is 14.4. The van der Waals surface area contributed by atoms with Crippen molar-refractivity contribution in [3.8, 4) is 5.75 Å². The number of hydrogen-bond donors (Lipinski definition) is 1. The number of aromatic nitrogens is 1. The van der Waals surface area contributed by atoms with Crippen molar-refractivity contribution in [3.05, 3.63) is 52.3 Å². The molecule has 0 spiro atoms. The van der Waals surface area contributed by atoms with E-state index < -0.39 is 16.4 Å². The molecule has 0 radical (unpaired) electrons. The summed E-state index contributed by atoms with van der Waals surface area (Å²) in [4.78, 5) is 29.8.